The van der Waals surface area contributed by atoms with Crippen LogP contribution in [0.25, 0.3) is 6.08 Å². The number of aromatic nitrogens is 1. The third-order valence-electron chi connectivity index (χ3n) is 7.99. The molecule has 1 aromatic rings. The molecule has 8 heteroatoms. The van der Waals surface area contributed by atoms with Crippen LogP contribution < -0.4 is 0 Å². The topological polar surface area (TPSA) is 96.7 Å². The molecule has 0 bridgehead atoms. The summed E-state index contributed by atoms with van der Waals surface area (Å²) >= 11 is 3.20. The molecular formula is C27H41NO5S2. The quantitative estimate of drug-likeness (QED) is 0.406. The Morgan fingerprint density at radius 2 is 1.91 bits per heavy atom. The van der Waals surface area contributed by atoms with Crippen LogP contribution in [-0.2, 0) is 14.3 Å². The van der Waals surface area contributed by atoms with Crippen LogP contribution in [-0.4, -0.2) is 51.5 Å². The molecule has 35 heavy (non-hydrogen) atoms. The highest BCUT2D eigenvalue weighted by Gasteiger charge is 2.43. The van der Waals surface area contributed by atoms with Crippen LogP contribution in [0.15, 0.2) is 15.3 Å². The number of esters is 1. The number of ketones is 1. The third-order valence-corrected chi connectivity index (χ3v) is 9.87. The number of thiazole rings is 1. The summed E-state index contributed by atoms with van der Waals surface area (Å²) in [4.78, 5) is 30.7. The molecule has 1 aromatic heterocycles. The van der Waals surface area contributed by atoms with Gasteiger partial charge in [-0.15, -0.1) is 11.3 Å². The van der Waals surface area contributed by atoms with Gasteiger partial charge in [-0.05, 0) is 61.8 Å². The molecule has 2 N–H and O–H groups in total. The van der Waals surface area contributed by atoms with E-state index in [0.717, 1.165) is 47.7 Å². The predicted molar refractivity (Wildman–Crippen MR) is 141 cm³/mol. The van der Waals surface area contributed by atoms with E-state index in [9.17, 15) is 19.8 Å². The van der Waals surface area contributed by atoms with Crippen molar-refractivity contribution in [2.75, 3.05) is 6.26 Å². The second kappa shape index (κ2) is 11.9. The van der Waals surface area contributed by atoms with Crippen molar-refractivity contribution in [1.29, 1.82) is 0 Å². The third kappa shape index (κ3) is 7.18. The number of cyclic esters (lactones) is 1. The van der Waals surface area contributed by atoms with Crippen molar-refractivity contribution in [2.24, 2.45) is 29.1 Å². The number of carbonyl (C=O) groups is 2. The fraction of sp³-hybridized carbons (Fsp3) is 0.741. The minimum atomic E-state index is -1.19. The van der Waals surface area contributed by atoms with Crippen molar-refractivity contribution >= 4 is 40.9 Å². The molecule has 0 spiro atoms. The van der Waals surface area contributed by atoms with Crippen molar-refractivity contribution in [3.63, 3.8) is 0 Å². The van der Waals surface area contributed by atoms with Gasteiger partial charge >= 0.3 is 5.97 Å². The zero-order valence-electron chi connectivity index (χ0n) is 21.8. The second-order valence-electron chi connectivity index (χ2n) is 11.1. The predicted octanol–water partition coefficient (Wildman–Crippen LogP) is 5.37. The van der Waals surface area contributed by atoms with Crippen molar-refractivity contribution in [3.05, 3.63) is 16.6 Å². The Morgan fingerprint density at radius 3 is 2.57 bits per heavy atom. The Labute approximate surface area is 217 Å². The fourth-order valence-electron chi connectivity index (χ4n) is 5.20. The molecule has 0 amide bonds. The van der Waals surface area contributed by atoms with Crippen molar-refractivity contribution in [2.45, 2.75) is 95.8 Å². The van der Waals surface area contributed by atoms with Crippen LogP contribution in [0.1, 0.15) is 78.8 Å². The smallest absolute Gasteiger partial charge is 0.309 e. The van der Waals surface area contributed by atoms with E-state index in [1.807, 2.05) is 31.6 Å². The van der Waals surface area contributed by atoms with E-state index in [1.54, 1.807) is 43.9 Å². The molecule has 3 rings (SSSR count). The van der Waals surface area contributed by atoms with Gasteiger partial charge in [-0.2, -0.15) is 0 Å². The van der Waals surface area contributed by atoms with Gasteiger partial charge in [0.05, 0.1) is 29.7 Å². The molecule has 0 unspecified atom stereocenters. The summed E-state index contributed by atoms with van der Waals surface area (Å²) in [6, 6.07) is 0. The Bertz CT molecular complexity index is 926. The first kappa shape index (κ1) is 28.4. The number of rotatable bonds is 3. The number of aliphatic hydroxyl groups excluding tert-OH is 2. The summed E-state index contributed by atoms with van der Waals surface area (Å²) in [5, 5.41) is 23.7. The molecule has 7 atom stereocenters. The number of nitrogens with zero attached hydrogens (tertiary/aromatic N) is 1. The van der Waals surface area contributed by atoms with Gasteiger partial charge in [0.2, 0.25) is 0 Å². The fourth-order valence-corrected chi connectivity index (χ4v) is 6.43. The molecular weight excluding hydrogens is 482 g/mol. The standard InChI is InChI=1S/C27H41NO5S2/c1-15-8-7-9-18-11-19(18)12-21(16(2)10-20-14-35-26(28-20)34-6)33-23(30)13-22(29)27(4,5)25(32)17(3)24(15)31/h10,14-15,17-19,21-22,24,29,31H,7-9,11-13H2,1-6H3/b16-10+/t15-,17+,18+,19-,21-,22-,24-/m0/s1. The Balaban J connectivity index is 1.81. The summed E-state index contributed by atoms with van der Waals surface area (Å²) in [5.41, 5.74) is 0.631. The van der Waals surface area contributed by atoms with Gasteiger partial charge in [-0.1, -0.05) is 52.3 Å². The van der Waals surface area contributed by atoms with Crippen molar-refractivity contribution < 1.29 is 24.5 Å². The maximum absolute atomic E-state index is 13.2. The zero-order valence-corrected chi connectivity index (χ0v) is 23.5. The largest absolute Gasteiger partial charge is 0.458 e. The number of ether oxygens (including phenoxy) is 1. The molecule has 2 fully saturated rings. The maximum Gasteiger partial charge on any atom is 0.309 e. The summed E-state index contributed by atoms with van der Waals surface area (Å²) < 4.78 is 6.91. The molecule has 2 heterocycles. The van der Waals surface area contributed by atoms with Crippen LogP contribution in [0.5, 0.6) is 0 Å². The lowest BCUT2D eigenvalue weighted by atomic mass is 9.73. The first-order chi connectivity index (χ1) is 16.4. The van der Waals surface area contributed by atoms with E-state index in [0.29, 0.717) is 11.8 Å². The summed E-state index contributed by atoms with van der Waals surface area (Å²) in [7, 11) is 0. The molecule has 1 aliphatic carbocycles. The summed E-state index contributed by atoms with van der Waals surface area (Å²) in [6.07, 6.45) is 6.21. The van der Waals surface area contributed by atoms with Gasteiger partial charge in [0.25, 0.3) is 0 Å². The minimum Gasteiger partial charge on any atom is -0.458 e. The SMILES string of the molecule is CSc1nc(/C=C(\C)[C@@H]2C[C@@H]3C[C@H]3CCC[C@H](C)[C@H](O)[C@@H](C)C(=O)C(C)(C)[C@@H](O)CC(=O)O2)cs1. The van der Waals surface area contributed by atoms with E-state index in [-0.39, 0.29) is 24.2 Å². The lowest BCUT2D eigenvalue weighted by Gasteiger charge is -2.34. The van der Waals surface area contributed by atoms with Crippen LogP contribution in [0.2, 0.25) is 0 Å². The van der Waals surface area contributed by atoms with Crippen molar-refractivity contribution in [1.82, 2.24) is 4.98 Å². The lowest BCUT2D eigenvalue weighted by molar-refractivity contribution is -0.154. The average Bonchev–Trinajstić information content (AvgIpc) is 3.38. The Morgan fingerprint density at radius 1 is 1.20 bits per heavy atom. The molecule has 1 saturated carbocycles. The molecule has 0 aromatic carbocycles. The van der Waals surface area contributed by atoms with E-state index >= 15 is 0 Å². The summed E-state index contributed by atoms with van der Waals surface area (Å²) in [6.45, 7) is 8.98. The highest BCUT2D eigenvalue weighted by molar-refractivity contribution is 8.00. The molecule has 2 aliphatic rings. The van der Waals surface area contributed by atoms with E-state index < -0.39 is 29.5 Å². The van der Waals surface area contributed by atoms with E-state index in [1.165, 1.54) is 0 Å². The van der Waals surface area contributed by atoms with Gasteiger partial charge in [-0.25, -0.2) is 4.98 Å². The highest BCUT2D eigenvalue weighted by atomic mass is 32.2. The monoisotopic (exact) mass is 523 g/mol. The number of aliphatic hydroxyl groups is 2. The van der Waals surface area contributed by atoms with Crippen LogP contribution in [0.3, 0.4) is 0 Å². The van der Waals surface area contributed by atoms with Crippen LogP contribution >= 0.6 is 23.1 Å². The number of hydrogen-bond donors (Lipinski definition) is 2. The number of hydrogen-bond acceptors (Lipinski definition) is 8. The second-order valence-corrected chi connectivity index (χ2v) is 13.0. The van der Waals surface area contributed by atoms with Crippen molar-refractivity contribution in [3.8, 4) is 0 Å². The molecule has 0 radical (unpaired) electrons. The number of Topliss-reactive ketones (excluding diaryl/α,β-unsaturated/α-hetero) is 1. The van der Waals surface area contributed by atoms with Gasteiger partial charge in [-0.3, -0.25) is 9.59 Å². The average molecular weight is 524 g/mol. The van der Waals surface area contributed by atoms with Gasteiger partial charge in [0, 0.05) is 11.3 Å². The Kier molecular flexibility index (Phi) is 9.63. The lowest BCUT2D eigenvalue weighted by Crippen LogP contribution is -2.45. The van der Waals surface area contributed by atoms with E-state index in [2.05, 4.69) is 4.98 Å². The van der Waals surface area contributed by atoms with Crippen LogP contribution in [0, 0.1) is 29.1 Å². The zero-order chi connectivity index (χ0) is 25.9. The van der Waals surface area contributed by atoms with Gasteiger partial charge in [0.15, 0.2) is 0 Å². The molecule has 6 nitrogen and oxygen atoms in total. The summed E-state index contributed by atoms with van der Waals surface area (Å²) in [5.74, 6) is -0.249. The first-order valence-corrected chi connectivity index (χ1v) is 14.8. The number of carbonyl (C=O) groups excluding carboxylic acids is 2. The van der Waals surface area contributed by atoms with Gasteiger partial charge in [0.1, 0.15) is 16.2 Å². The van der Waals surface area contributed by atoms with E-state index in [4.69, 9.17) is 4.74 Å². The van der Waals surface area contributed by atoms with Gasteiger partial charge < -0.3 is 14.9 Å². The minimum absolute atomic E-state index is 0.000763. The first-order valence-electron chi connectivity index (χ1n) is 12.7. The molecule has 196 valence electrons. The maximum atomic E-state index is 13.2. The van der Waals surface area contributed by atoms with Crippen LogP contribution in [0.4, 0.5) is 0 Å². The normalized spacial score (nSPS) is 35.3. The molecule has 1 aliphatic heterocycles. The number of thioether (sulfide) groups is 1. The molecule has 1 saturated heterocycles. The number of fused-ring (bicyclic) bond motifs is 1. The Hall–Kier alpha value is -1.22. The highest BCUT2D eigenvalue weighted by Crippen LogP contribution is 2.47.